The van der Waals surface area contributed by atoms with E-state index >= 15 is 0 Å². The third-order valence-electron chi connectivity index (χ3n) is 1.76. The number of aromatic nitrogens is 2. The first-order valence-electron chi connectivity index (χ1n) is 3.99. The summed E-state index contributed by atoms with van der Waals surface area (Å²) in [6.45, 7) is 0. The van der Waals surface area contributed by atoms with Crippen molar-refractivity contribution in [1.29, 1.82) is 0 Å². The number of carbonyl (C=O) groups is 1. The fourth-order valence-corrected chi connectivity index (χ4v) is 1.30. The van der Waals surface area contributed by atoms with E-state index in [1.165, 1.54) is 12.3 Å². The van der Waals surface area contributed by atoms with E-state index in [0.29, 0.717) is 11.3 Å². The molecule has 2 aromatic rings. The molecule has 0 aliphatic carbocycles. The predicted molar refractivity (Wildman–Crippen MR) is 51.7 cm³/mol. The molecule has 0 atom stereocenters. The van der Waals surface area contributed by atoms with Gasteiger partial charge in [-0.15, -0.1) is 0 Å². The molecule has 0 aliphatic heterocycles. The minimum atomic E-state index is -1.17. The van der Waals surface area contributed by atoms with E-state index in [1.807, 2.05) is 0 Å². The summed E-state index contributed by atoms with van der Waals surface area (Å²) in [5.41, 5.74) is 0.890. The van der Waals surface area contributed by atoms with Crippen molar-refractivity contribution in [3.8, 4) is 11.3 Å². The van der Waals surface area contributed by atoms with Crippen LogP contribution in [0.1, 0.15) is 10.6 Å². The number of rotatable bonds is 2. The maximum Gasteiger partial charge on any atom is 0.374 e. The first-order valence-corrected chi connectivity index (χ1v) is 4.37. The average molecular weight is 225 g/mol. The highest BCUT2D eigenvalue weighted by atomic mass is 35.5. The summed E-state index contributed by atoms with van der Waals surface area (Å²) in [6, 6.07) is 4.65. The topological polar surface area (TPSA) is 76.2 Å². The second-order valence-electron chi connectivity index (χ2n) is 2.72. The van der Waals surface area contributed by atoms with E-state index in [9.17, 15) is 4.79 Å². The Balaban J connectivity index is 2.46. The Hall–Kier alpha value is -1.88. The zero-order valence-corrected chi connectivity index (χ0v) is 8.10. The van der Waals surface area contributed by atoms with E-state index in [2.05, 4.69) is 14.7 Å². The second kappa shape index (κ2) is 3.70. The zero-order chi connectivity index (χ0) is 10.8. The molecule has 0 bridgehead atoms. The molecule has 0 saturated carbocycles. The summed E-state index contributed by atoms with van der Waals surface area (Å²) in [5.74, 6) is -1.40. The monoisotopic (exact) mass is 224 g/mol. The number of carboxylic acid groups (broad SMARTS) is 1. The molecule has 0 saturated heterocycles. The Morgan fingerprint density at radius 2 is 2.33 bits per heavy atom. The van der Waals surface area contributed by atoms with Gasteiger partial charge in [-0.3, -0.25) is 0 Å². The Morgan fingerprint density at radius 3 is 2.93 bits per heavy atom. The molecule has 76 valence electrons. The lowest BCUT2D eigenvalue weighted by atomic mass is 10.2. The Labute approximate surface area is 89.3 Å². The van der Waals surface area contributed by atoms with E-state index in [1.54, 1.807) is 12.1 Å². The Bertz CT molecular complexity index is 510. The van der Waals surface area contributed by atoms with Crippen LogP contribution in [0.15, 0.2) is 28.9 Å². The number of carboxylic acids is 1. The van der Waals surface area contributed by atoms with Gasteiger partial charge in [-0.1, -0.05) is 16.8 Å². The molecular weight excluding hydrogens is 220 g/mol. The zero-order valence-electron chi connectivity index (χ0n) is 7.35. The number of aromatic carboxylic acids is 1. The molecule has 2 aromatic heterocycles. The molecule has 5 nitrogen and oxygen atoms in total. The molecular formula is C9H5ClN2O3. The highest BCUT2D eigenvalue weighted by Gasteiger charge is 2.14. The van der Waals surface area contributed by atoms with E-state index < -0.39 is 5.97 Å². The van der Waals surface area contributed by atoms with E-state index in [4.69, 9.17) is 16.7 Å². The quantitative estimate of drug-likeness (QED) is 0.791. The summed E-state index contributed by atoms with van der Waals surface area (Å²) < 4.78 is 4.60. The van der Waals surface area contributed by atoms with Crippen LogP contribution in [0.25, 0.3) is 11.3 Å². The highest BCUT2D eigenvalue weighted by Crippen LogP contribution is 2.24. The molecule has 0 amide bonds. The SMILES string of the molecule is O=C(O)c1cc(-c2cccnc2Cl)no1. The van der Waals surface area contributed by atoms with E-state index in [0.717, 1.165) is 0 Å². The second-order valence-corrected chi connectivity index (χ2v) is 3.08. The third-order valence-corrected chi connectivity index (χ3v) is 2.06. The lowest BCUT2D eigenvalue weighted by Gasteiger charge is -1.95. The standard InChI is InChI=1S/C9H5ClN2O3/c10-8-5(2-1-3-11-8)6-4-7(9(13)14)15-12-6/h1-4H,(H,13,14). The Kier molecular flexibility index (Phi) is 2.39. The maximum atomic E-state index is 10.5. The van der Waals surface area contributed by atoms with Crippen LogP contribution in [-0.2, 0) is 0 Å². The van der Waals surface area contributed by atoms with Gasteiger partial charge in [0.05, 0.1) is 0 Å². The normalized spacial score (nSPS) is 10.2. The molecule has 0 spiro atoms. The van der Waals surface area contributed by atoms with Crippen LogP contribution < -0.4 is 0 Å². The van der Waals surface area contributed by atoms with Crippen LogP contribution in [0, 0.1) is 0 Å². The number of hydrogen-bond donors (Lipinski definition) is 1. The van der Waals surface area contributed by atoms with Gasteiger partial charge in [-0.05, 0) is 12.1 Å². The van der Waals surface area contributed by atoms with Gasteiger partial charge in [0, 0.05) is 17.8 Å². The van der Waals surface area contributed by atoms with Crippen LogP contribution in [0.2, 0.25) is 5.15 Å². The van der Waals surface area contributed by atoms with Gasteiger partial charge in [0.15, 0.2) is 0 Å². The van der Waals surface area contributed by atoms with Gasteiger partial charge < -0.3 is 9.63 Å². The Morgan fingerprint density at radius 1 is 1.53 bits per heavy atom. The number of pyridine rings is 1. The van der Waals surface area contributed by atoms with Crippen LogP contribution in [0.4, 0.5) is 0 Å². The first kappa shape index (κ1) is 9.67. The fraction of sp³-hybridized carbons (Fsp3) is 0. The smallest absolute Gasteiger partial charge is 0.374 e. The number of halogens is 1. The molecule has 0 fully saturated rings. The van der Waals surface area contributed by atoms with Crippen molar-refractivity contribution in [1.82, 2.24) is 10.1 Å². The van der Waals surface area contributed by atoms with Gasteiger partial charge in [0.25, 0.3) is 0 Å². The third kappa shape index (κ3) is 1.82. The van der Waals surface area contributed by atoms with Crippen molar-refractivity contribution in [2.75, 3.05) is 0 Å². The van der Waals surface area contributed by atoms with Crippen molar-refractivity contribution in [3.05, 3.63) is 35.3 Å². The molecule has 0 aliphatic rings. The highest BCUT2D eigenvalue weighted by molar-refractivity contribution is 6.32. The summed E-state index contributed by atoms with van der Waals surface area (Å²) in [4.78, 5) is 14.4. The summed E-state index contributed by atoms with van der Waals surface area (Å²) in [5, 5.41) is 12.5. The van der Waals surface area contributed by atoms with Gasteiger partial charge in [0.2, 0.25) is 5.76 Å². The van der Waals surface area contributed by atoms with Gasteiger partial charge in [-0.25, -0.2) is 9.78 Å². The van der Waals surface area contributed by atoms with Gasteiger partial charge in [-0.2, -0.15) is 0 Å². The fourth-order valence-electron chi connectivity index (χ4n) is 1.08. The predicted octanol–water partition coefficient (Wildman–Crippen LogP) is 2.09. The molecule has 2 rings (SSSR count). The van der Waals surface area contributed by atoms with Crippen molar-refractivity contribution >= 4 is 17.6 Å². The van der Waals surface area contributed by atoms with Crippen molar-refractivity contribution in [2.24, 2.45) is 0 Å². The molecule has 0 aromatic carbocycles. The van der Waals surface area contributed by atoms with E-state index in [-0.39, 0.29) is 10.9 Å². The summed E-state index contributed by atoms with van der Waals surface area (Å²) >= 11 is 5.81. The molecule has 0 radical (unpaired) electrons. The molecule has 2 heterocycles. The van der Waals surface area contributed by atoms with Crippen LogP contribution >= 0.6 is 11.6 Å². The lowest BCUT2D eigenvalue weighted by molar-refractivity contribution is 0.0652. The average Bonchev–Trinajstić information content (AvgIpc) is 2.67. The lowest BCUT2D eigenvalue weighted by Crippen LogP contribution is -1.91. The summed E-state index contributed by atoms with van der Waals surface area (Å²) in [6.07, 6.45) is 1.53. The van der Waals surface area contributed by atoms with Crippen molar-refractivity contribution < 1.29 is 14.4 Å². The molecule has 0 unspecified atom stereocenters. The maximum absolute atomic E-state index is 10.5. The van der Waals surface area contributed by atoms with Crippen LogP contribution in [0.5, 0.6) is 0 Å². The van der Waals surface area contributed by atoms with Crippen LogP contribution in [-0.4, -0.2) is 21.2 Å². The molecule has 15 heavy (non-hydrogen) atoms. The molecule has 1 N–H and O–H groups in total. The van der Waals surface area contributed by atoms with Crippen LogP contribution in [0.3, 0.4) is 0 Å². The molecule has 6 heteroatoms. The van der Waals surface area contributed by atoms with Crippen molar-refractivity contribution in [2.45, 2.75) is 0 Å². The summed E-state index contributed by atoms with van der Waals surface area (Å²) in [7, 11) is 0. The van der Waals surface area contributed by atoms with Gasteiger partial charge in [0.1, 0.15) is 10.8 Å². The first-order chi connectivity index (χ1) is 7.18. The minimum absolute atomic E-state index is 0.232. The van der Waals surface area contributed by atoms with Crippen molar-refractivity contribution in [3.63, 3.8) is 0 Å². The number of nitrogens with zero attached hydrogens (tertiary/aromatic N) is 2. The number of hydrogen-bond acceptors (Lipinski definition) is 4. The largest absolute Gasteiger partial charge is 0.475 e. The minimum Gasteiger partial charge on any atom is -0.475 e. The van der Waals surface area contributed by atoms with Gasteiger partial charge >= 0.3 is 5.97 Å².